The highest BCUT2D eigenvalue weighted by atomic mass is 16.5. The van der Waals surface area contributed by atoms with E-state index in [9.17, 15) is 14.4 Å². The number of nitrogens with one attached hydrogen (secondary N) is 1. The molecule has 9 nitrogen and oxygen atoms in total. The Morgan fingerprint density at radius 3 is 2.18 bits per heavy atom. The molecular formula is C25H28N4O5. The fraction of sp³-hybridized carbons (Fsp3) is 0.400. The molecule has 1 aliphatic carbocycles. The van der Waals surface area contributed by atoms with Crippen LogP contribution in [0.1, 0.15) is 89.3 Å². The van der Waals surface area contributed by atoms with Gasteiger partial charge >= 0.3 is 11.9 Å². The van der Waals surface area contributed by atoms with E-state index in [-0.39, 0.29) is 42.0 Å². The highest BCUT2D eigenvalue weighted by Crippen LogP contribution is 2.40. The molecule has 0 radical (unpaired) electrons. The first kappa shape index (κ1) is 23.4. The van der Waals surface area contributed by atoms with Crippen LogP contribution in [0.5, 0.6) is 0 Å². The molecule has 1 aliphatic rings. The standard InChI is InChI=1S/C25H28N4O5/c1-5-33-24(31)16-9-17(25(32)34-6-2)11-18(10-16)27-23(30)19-12-21(15-7-8-15)28-22-20(19)13-26-29(22)14(3)4/h9-15H,5-8H2,1-4H3,(H,27,30). The number of fused-ring (bicyclic) bond motifs is 1. The Morgan fingerprint density at radius 1 is 1.03 bits per heavy atom. The van der Waals surface area contributed by atoms with E-state index in [1.165, 1.54) is 18.2 Å². The summed E-state index contributed by atoms with van der Waals surface area (Å²) in [6.07, 6.45) is 3.73. The second-order valence-electron chi connectivity index (χ2n) is 8.48. The molecule has 9 heteroatoms. The minimum Gasteiger partial charge on any atom is -0.462 e. The van der Waals surface area contributed by atoms with Crippen molar-refractivity contribution < 1.29 is 23.9 Å². The lowest BCUT2D eigenvalue weighted by molar-refractivity contribution is 0.0525. The molecule has 1 N–H and O–H groups in total. The van der Waals surface area contributed by atoms with Gasteiger partial charge in [0.25, 0.3) is 5.91 Å². The number of carbonyl (C=O) groups is 3. The molecule has 4 rings (SSSR count). The summed E-state index contributed by atoms with van der Waals surface area (Å²) in [5.41, 5.74) is 2.55. The number of carbonyl (C=O) groups excluding carboxylic acids is 3. The molecule has 1 fully saturated rings. The molecular weight excluding hydrogens is 436 g/mol. The zero-order valence-corrected chi connectivity index (χ0v) is 19.8. The molecule has 2 heterocycles. The van der Waals surface area contributed by atoms with Gasteiger partial charge in [0.2, 0.25) is 0 Å². The lowest BCUT2D eigenvalue weighted by Gasteiger charge is -2.12. The summed E-state index contributed by atoms with van der Waals surface area (Å²) in [4.78, 5) is 42.9. The zero-order chi connectivity index (χ0) is 24.4. The summed E-state index contributed by atoms with van der Waals surface area (Å²) in [5.74, 6) is -1.23. The van der Waals surface area contributed by atoms with Crippen LogP contribution < -0.4 is 5.32 Å². The smallest absolute Gasteiger partial charge is 0.338 e. The number of esters is 2. The van der Waals surface area contributed by atoms with Crippen LogP contribution in [-0.2, 0) is 9.47 Å². The Kier molecular flexibility index (Phi) is 6.63. The van der Waals surface area contributed by atoms with Crippen molar-refractivity contribution in [1.82, 2.24) is 14.8 Å². The van der Waals surface area contributed by atoms with Crippen molar-refractivity contribution >= 4 is 34.6 Å². The Morgan fingerprint density at radius 2 is 1.65 bits per heavy atom. The number of amides is 1. The molecule has 0 bridgehead atoms. The number of aromatic nitrogens is 3. The number of anilines is 1. The minimum absolute atomic E-state index is 0.0868. The molecule has 34 heavy (non-hydrogen) atoms. The first-order valence-electron chi connectivity index (χ1n) is 11.5. The Balaban J connectivity index is 1.73. The van der Waals surface area contributed by atoms with Gasteiger partial charge in [0.1, 0.15) is 0 Å². The van der Waals surface area contributed by atoms with E-state index in [4.69, 9.17) is 14.5 Å². The van der Waals surface area contributed by atoms with Crippen LogP contribution in [0.2, 0.25) is 0 Å². The Hall–Kier alpha value is -3.75. The number of ether oxygens (including phenoxy) is 2. The van der Waals surface area contributed by atoms with Gasteiger partial charge < -0.3 is 14.8 Å². The average molecular weight is 465 g/mol. The van der Waals surface area contributed by atoms with E-state index in [1.54, 1.807) is 24.7 Å². The molecule has 0 unspecified atom stereocenters. The predicted molar refractivity (Wildman–Crippen MR) is 126 cm³/mol. The van der Waals surface area contributed by atoms with Crippen LogP contribution in [0.15, 0.2) is 30.5 Å². The number of hydrogen-bond donors (Lipinski definition) is 1. The van der Waals surface area contributed by atoms with E-state index < -0.39 is 11.9 Å². The maximum atomic E-state index is 13.4. The Labute approximate surface area is 197 Å². The van der Waals surface area contributed by atoms with Gasteiger partial charge in [-0.3, -0.25) is 4.79 Å². The predicted octanol–water partition coefficient (Wildman–Crippen LogP) is 4.50. The molecule has 178 valence electrons. The summed E-state index contributed by atoms with van der Waals surface area (Å²) >= 11 is 0. The topological polar surface area (TPSA) is 112 Å². The number of benzene rings is 1. The maximum Gasteiger partial charge on any atom is 0.338 e. The molecule has 1 amide bonds. The van der Waals surface area contributed by atoms with E-state index in [1.807, 2.05) is 19.9 Å². The van der Waals surface area contributed by atoms with Gasteiger partial charge in [0.05, 0.1) is 41.5 Å². The second kappa shape index (κ2) is 9.62. The van der Waals surface area contributed by atoms with Crippen molar-refractivity contribution in [2.24, 2.45) is 0 Å². The van der Waals surface area contributed by atoms with Gasteiger partial charge in [-0.15, -0.1) is 0 Å². The number of rotatable bonds is 8. The third-order valence-electron chi connectivity index (χ3n) is 5.53. The zero-order valence-electron chi connectivity index (χ0n) is 19.8. The van der Waals surface area contributed by atoms with Crippen LogP contribution in [0, 0.1) is 0 Å². The number of nitrogens with zero attached hydrogens (tertiary/aromatic N) is 3. The SMILES string of the molecule is CCOC(=O)c1cc(NC(=O)c2cc(C3CC3)nc3c2cnn3C(C)C)cc(C(=O)OCC)c1. The molecule has 1 saturated carbocycles. The first-order chi connectivity index (χ1) is 16.3. The van der Waals surface area contributed by atoms with Crippen molar-refractivity contribution in [1.29, 1.82) is 0 Å². The average Bonchev–Trinajstić information content (AvgIpc) is 3.57. The normalized spacial score (nSPS) is 13.2. The van der Waals surface area contributed by atoms with Crippen molar-refractivity contribution in [2.45, 2.75) is 52.5 Å². The molecule has 2 aromatic heterocycles. The van der Waals surface area contributed by atoms with Crippen LogP contribution in [0.25, 0.3) is 11.0 Å². The minimum atomic E-state index is -0.593. The summed E-state index contributed by atoms with van der Waals surface area (Å²) in [6, 6.07) is 6.26. The van der Waals surface area contributed by atoms with Gasteiger partial charge in [0, 0.05) is 23.3 Å². The van der Waals surface area contributed by atoms with Gasteiger partial charge in [-0.05, 0) is 64.8 Å². The second-order valence-corrected chi connectivity index (χ2v) is 8.48. The molecule has 1 aromatic carbocycles. The van der Waals surface area contributed by atoms with E-state index in [0.717, 1.165) is 18.5 Å². The lowest BCUT2D eigenvalue weighted by Crippen LogP contribution is -2.16. The lowest BCUT2D eigenvalue weighted by atomic mass is 10.1. The molecule has 0 spiro atoms. The van der Waals surface area contributed by atoms with E-state index >= 15 is 0 Å². The third kappa shape index (κ3) is 4.78. The largest absolute Gasteiger partial charge is 0.462 e. The van der Waals surface area contributed by atoms with Crippen molar-refractivity contribution in [3.63, 3.8) is 0 Å². The molecule has 0 aliphatic heterocycles. The fourth-order valence-electron chi connectivity index (χ4n) is 3.75. The number of pyridine rings is 1. The molecule has 0 atom stereocenters. The monoisotopic (exact) mass is 464 g/mol. The van der Waals surface area contributed by atoms with E-state index in [2.05, 4.69) is 10.4 Å². The van der Waals surface area contributed by atoms with Crippen LogP contribution >= 0.6 is 0 Å². The highest BCUT2D eigenvalue weighted by molar-refractivity contribution is 6.12. The summed E-state index contributed by atoms with van der Waals surface area (Å²) < 4.78 is 12.0. The van der Waals surface area contributed by atoms with Gasteiger partial charge in [-0.1, -0.05) is 0 Å². The summed E-state index contributed by atoms with van der Waals surface area (Å²) in [5, 5.41) is 7.91. The van der Waals surface area contributed by atoms with Crippen LogP contribution in [-0.4, -0.2) is 45.8 Å². The summed E-state index contributed by atoms with van der Waals surface area (Å²) in [6.45, 7) is 7.77. The maximum absolute atomic E-state index is 13.4. The quantitative estimate of drug-likeness (QED) is 0.489. The van der Waals surface area contributed by atoms with Crippen LogP contribution in [0.4, 0.5) is 5.69 Å². The number of hydrogen-bond acceptors (Lipinski definition) is 7. The van der Waals surface area contributed by atoms with Crippen molar-refractivity contribution in [3.05, 3.63) is 52.8 Å². The first-order valence-corrected chi connectivity index (χ1v) is 11.5. The van der Waals surface area contributed by atoms with Gasteiger partial charge in [-0.2, -0.15) is 5.10 Å². The highest BCUT2D eigenvalue weighted by Gasteiger charge is 2.28. The fourth-order valence-corrected chi connectivity index (χ4v) is 3.75. The van der Waals surface area contributed by atoms with Crippen molar-refractivity contribution in [3.8, 4) is 0 Å². The van der Waals surface area contributed by atoms with Gasteiger partial charge in [-0.25, -0.2) is 19.3 Å². The van der Waals surface area contributed by atoms with E-state index in [0.29, 0.717) is 22.5 Å². The third-order valence-corrected chi connectivity index (χ3v) is 5.53. The van der Waals surface area contributed by atoms with Gasteiger partial charge in [0.15, 0.2) is 5.65 Å². The molecule has 0 saturated heterocycles. The summed E-state index contributed by atoms with van der Waals surface area (Å²) in [7, 11) is 0. The van der Waals surface area contributed by atoms with Crippen molar-refractivity contribution in [2.75, 3.05) is 18.5 Å². The molecule has 3 aromatic rings. The van der Waals surface area contributed by atoms with Crippen LogP contribution in [0.3, 0.4) is 0 Å². The Bertz CT molecular complexity index is 1220.